The van der Waals surface area contributed by atoms with Gasteiger partial charge in [-0.05, 0) is 72.7 Å². The predicted molar refractivity (Wildman–Crippen MR) is 126 cm³/mol. The highest BCUT2D eigenvalue weighted by molar-refractivity contribution is 5.70. The van der Waals surface area contributed by atoms with Crippen molar-refractivity contribution in [2.75, 3.05) is 0 Å². The second kappa shape index (κ2) is 9.32. The van der Waals surface area contributed by atoms with Gasteiger partial charge in [-0.3, -0.25) is 4.79 Å². The molecule has 0 radical (unpaired) electrons. The summed E-state index contributed by atoms with van der Waals surface area (Å²) in [6.07, 6.45) is 5.91. The van der Waals surface area contributed by atoms with Crippen molar-refractivity contribution in [1.82, 2.24) is 9.78 Å². The molecule has 1 unspecified atom stereocenters. The second-order valence-electron chi connectivity index (χ2n) is 8.95. The second-order valence-corrected chi connectivity index (χ2v) is 8.95. The fourth-order valence-electron chi connectivity index (χ4n) is 4.89. The zero-order valence-electron chi connectivity index (χ0n) is 19.0. The first-order valence-corrected chi connectivity index (χ1v) is 11.3. The van der Waals surface area contributed by atoms with Gasteiger partial charge in [0.2, 0.25) is 0 Å². The monoisotopic (exact) mass is 448 g/mol. The van der Waals surface area contributed by atoms with E-state index in [1.54, 1.807) is 12.1 Å². The van der Waals surface area contributed by atoms with Crippen LogP contribution < -0.4 is 0 Å². The molecule has 0 fully saturated rings. The van der Waals surface area contributed by atoms with Gasteiger partial charge in [-0.25, -0.2) is 9.07 Å². The third-order valence-electron chi connectivity index (χ3n) is 6.82. The Labute approximate surface area is 193 Å². The predicted octanol–water partition coefficient (Wildman–Crippen LogP) is 4.99. The third kappa shape index (κ3) is 4.62. The van der Waals surface area contributed by atoms with Gasteiger partial charge in [0, 0.05) is 5.41 Å². The van der Waals surface area contributed by atoms with Crippen molar-refractivity contribution in [2.45, 2.75) is 52.1 Å². The summed E-state index contributed by atoms with van der Waals surface area (Å²) in [5.41, 5.74) is 5.26. The van der Waals surface area contributed by atoms with E-state index in [0.29, 0.717) is 19.3 Å². The van der Waals surface area contributed by atoms with Crippen LogP contribution in [0.1, 0.15) is 49.1 Å². The third-order valence-corrected chi connectivity index (χ3v) is 6.82. The Balaban J connectivity index is 1.57. The largest absolute Gasteiger partial charge is 0.481 e. The summed E-state index contributed by atoms with van der Waals surface area (Å²) in [6, 6.07) is 13.8. The van der Waals surface area contributed by atoms with Crippen molar-refractivity contribution in [3.05, 3.63) is 88.5 Å². The van der Waals surface area contributed by atoms with Gasteiger partial charge in [0.15, 0.2) is 0 Å². The topological polar surface area (TPSA) is 75.3 Å². The van der Waals surface area contributed by atoms with Gasteiger partial charge in [-0.1, -0.05) is 43.7 Å². The Hall–Kier alpha value is -3.25. The van der Waals surface area contributed by atoms with E-state index in [-0.39, 0.29) is 12.2 Å². The number of aliphatic carboxylic acids is 1. The molecule has 1 aromatic heterocycles. The minimum Gasteiger partial charge on any atom is -0.481 e. The lowest BCUT2D eigenvalue weighted by atomic mass is 9.67. The lowest BCUT2D eigenvalue weighted by Crippen LogP contribution is -2.38. The lowest BCUT2D eigenvalue weighted by molar-refractivity contribution is -0.136. The minimum atomic E-state index is -0.857. The molecule has 33 heavy (non-hydrogen) atoms. The molecule has 0 saturated carbocycles. The minimum absolute atomic E-state index is 0.0183. The SMILES string of the molecule is CCC1=Cc2c(cnn2-c2ccc(F)cc2)CC1(C)[C@@H](O)CCc1ccccc1CC(=O)O. The van der Waals surface area contributed by atoms with Crippen LogP contribution in [0.15, 0.2) is 60.3 Å². The number of carbonyl (C=O) groups is 1. The van der Waals surface area contributed by atoms with Crippen molar-refractivity contribution < 1.29 is 19.4 Å². The molecule has 5 nitrogen and oxygen atoms in total. The van der Waals surface area contributed by atoms with E-state index in [0.717, 1.165) is 40.1 Å². The van der Waals surface area contributed by atoms with Gasteiger partial charge in [-0.15, -0.1) is 0 Å². The molecule has 2 N–H and O–H groups in total. The van der Waals surface area contributed by atoms with Crippen LogP contribution in [0.25, 0.3) is 11.8 Å². The van der Waals surface area contributed by atoms with Crippen LogP contribution in [0.4, 0.5) is 4.39 Å². The number of hydrogen-bond acceptors (Lipinski definition) is 3. The summed E-state index contributed by atoms with van der Waals surface area (Å²) in [5.74, 6) is -1.14. The molecule has 0 saturated heterocycles. The van der Waals surface area contributed by atoms with Crippen LogP contribution in [-0.4, -0.2) is 32.1 Å². The van der Waals surface area contributed by atoms with E-state index in [2.05, 4.69) is 25.0 Å². The number of aliphatic hydroxyl groups excluding tert-OH is 1. The van der Waals surface area contributed by atoms with Gasteiger partial charge in [0.25, 0.3) is 0 Å². The number of carboxylic acids is 1. The smallest absolute Gasteiger partial charge is 0.307 e. The Morgan fingerprint density at radius 3 is 2.55 bits per heavy atom. The fourth-order valence-corrected chi connectivity index (χ4v) is 4.89. The Morgan fingerprint density at radius 1 is 1.18 bits per heavy atom. The zero-order chi connectivity index (χ0) is 23.6. The van der Waals surface area contributed by atoms with Crippen LogP contribution in [0.5, 0.6) is 0 Å². The van der Waals surface area contributed by atoms with Crippen LogP contribution >= 0.6 is 0 Å². The number of aryl methyl sites for hydroxylation is 1. The maximum atomic E-state index is 13.4. The molecule has 0 aliphatic heterocycles. The first-order chi connectivity index (χ1) is 15.8. The van der Waals surface area contributed by atoms with Gasteiger partial charge in [0.1, 0.15) is 5.82 Å². The number of fused-ring (bicyclic) bond motifs is 1. The molecular weight excluding hydrogens is 419 g/mol. The number of halogens is 1. The van der Waals surface area contributed by atoms with E-state index in [4.69, 9.17) is 0 Å². The quantitative estimate of drug-likeness (QED) is 0.509. The van der Waals surface area contributed by atoms with E-state index >= 15 is 0 Å². The van der Waals surface area contributed by atoms with E-state index in [1.165, 1.54) is 12.1 Å². The van der Waals surface area contributed by atoms with Gasteiger partial charge < -0.3 is 10.2 Å². The van der Waals surface area contributed by atoms with Crippen LogP contribution in [0.2, 0.25) is 0 Å². The number of nitrogens with zero attached hydrogens (tertiary/aromatic N) is 2. The molecule has 0 amide bonds. The molecule has 2 aromatic carbocycles. The van der Waals surface area contributed by atoms with Crippen molar-refractivity contribution in [2.24, 2.45) is 5.41 Å². The van der Waals surface area contributed by atoms with Crippen molar-refractivity contribution in [1.29, 1.82) is 0 Å². The summed E-state index contributed by atoms with van der Waals surface area (Å²) in [5, 5.41) is 25.0. The molecule has 1 heterocycles. The zero-order valence-corrected chi connectivity index (χ0v) is 19.0. The standard InChI is InChI=1S/C27H29FN2O3/c1-3-21-15-24-20(17-29-30(24)23-11-9-22(28)10-12-23)16-27(21,2)25(31)13-8-18-6-4-5-7-19(18)14-26(32)33/h4-7,9-12,15,17,25,31H,3,8,13-14,16H2,1-2H3,(H,32,33)/t25-,27?/m0/s1. The van der Waals surface area contributed by atoms with Gasteiger partial charge >= 0.3 is 5.97 Å². The maximum absolute atomic E-state index is 13.4. The van der Waals surface area contributed by atoms with Crippen molar-refractivity contribution >= 4 is 12.0 Å². The number of carboxylic acid groups (broad SMARTS) is 1. The lowest BCUT2D eigenvalue weighted by Gasteiger charge is -2.39. The first-order valence-electron chi connectivity index (χ1n) is 11.3. The molecule has 1 aliphatic rings. The number of rotatable bonds is 8. The highest BCUT2D eigenvalue weighted by Gasteiger charge is 2.39. The summed E-state index contributed by atoms with van der Waals surface area (Å²) < 4.78 is 15.2. The van der Waals surface area contributed by atoms with Crippen molar-refractivity contribution in [3.63, 3.8) is 0 Å². The van der Waals surface area contributed by atoms with E-state index < -0.39 is 17.5 Å². The summed E-state index contributed by atoms with van der Waals surface area (Å²) in [7, 11) is 0. The number of benzene rings is 2. The molecule has 0 bridgehead atoms. The number of hydrogen-bond donors (Lipinski definition) is 2. The van der Waals surface area contributed by atoms with E-state index in [1.807, 2.05) is 35.1 Å². The molecular formula is C27H29FN2O3. The van der Waals surface area contributed by atoms with Crippen molar-refractivity contribution in [3.8, 4) is 5.69 Å². The molecule has 1 aliphatic carbocycles. The fraction of sp³-hybridized carbons (Fsp3) is 0.333. The number of aromatic nitrogens is 2. The average molecular weight is 449 g/mol. The van der Waals surface area contributed by atoms with Gasteiger partial charge in [0.05, 0.1) is 30.1 Å². The van der Waals surface area contributed by atoms with Crippen LogP contribution in [0, 0.1) is 11.2 Å². The molecule has 3 aromatic rings. The Kier molecular flexibility index (Phi) is 6.47. The molecule has 6 heteroatoms. The normalized spacial score (nSPS) is 18.5. The summed E-state index contributed by atoms with van der Waals surface area (Å²) in [4.78, 5) is 11.2. The molecule has 172 valence electrons. The van der Waals surface area contributed by atoms with E-state index in [9.17, 15) is 19.4 Å². The maximum Gasteiger partial charge on any atom is 0.307 e. The van der Waals surface area contributed by atoms with Gasteiger partial charge in [-0.2, -0.15) is 5.10 Å². The molecule has 4 rings (SSSR count). The number of aliphatic hydroxyl groups is 1. The summed E-state index contributed by atoms with van der Waals surface area (Å²) >= 11 is 0. The summed E-state index contributed by atoms with van der Waals surface area (Å²) in [6.45, 7) is 4.18. The molecule has 0 spiro atoms. The molecule has 2 atom stereocenters. The Bertz CT molecular complexity index is 1180. The average Bonchev–Trinajstić information content (AvgIpc) is 3.20. The highest BCUT2D eigenvalue weighted by Crippen LogP contribution is 2.44. The highest BCUT2D eigenvalue weighted by atomic mass is 19.1. The van der Waals surface area contributed by atoms with Crippen LogP contribution in [0.3, 0.4) is 0 Å². The Morgan fingerprint density at radius 2 is 1.88 bits per heavy atom. The van der Waals surface area contributed by atoms with Crippen LogP contribution in [-0.2, 0) is 24.1 Å². The first kappa shape index (κ1) is 22.9.